The maximum Gasteiger partial charge on any atom is 0.349 e. The number of hydrogen-bond donors (Lipinski definition) is 1. The van der Waals surface area contributed by atoms with Crippen LogP contribution < -0.4 is 5.32 Å². The standard InChI is InChI=1S/C21H20N2O5S/c1-12(2)16-6-4-5-7-17(16)22-20(24)13(3)28-21(25)19-11-14-10-15(23(26)27)8-9-18(14)29-19/h4-13H,1-3H3,(H,22,24)/t13-/m0/s1. The zero-order chi connectivity index (χ0) is 21.1. The molecule has 0 aliphatic rings. The molecule has 0 saturated heterocycles. The maximum absolute atomic E-state index is 12.5. The molecular formula is C21H20N2O5S. The van der Waals surface area contributed by atoms with Crippen molar-refractivity contribution in [3.8, 4) is 0 Å². The molecule has 1 heterocycles. The first-order chi connectivity index (χ1) is 13.8. The van der Waals surface area contributed by atoms with E-state index < -0.39 is 22.9 Å². The van der Waals surface area contributed by atoms with Crippen LogP contribution in [0.5, 0.6) is 0 Å². The lowest BCUT2D eigenvalue weighted by molar-refractivity contribution is -0.384. The van der Waals surface area contributed by atoms with Gasteiger partial charge in [-0.25, -0.2) is 4.79 Å². The van der Waals surface area contributed by atoms with Gasteiger partial charge in [0.05, 0.1) is 4.92 Å². The van der Waals surface area contributed by atoms with Gasteiger partial charge in [-0.3, -0.25) is 14.9 Å². The van der Waals surface area contributed by atoms with E-state index in [1.165, 1.54) is 25.1 Å². The van der Waals surface area contributed by atoms with Crippen molar-refractivity contribution in [1.29, 1.82) is 0 Å². The van der Waals surface area contributed by atoms with E-state index >= 15 is 0 Å². The van der Waals surface area contributed by atoms with E-state index in [4.69, 9.17) is 4.74 Å². The second-order valence-corrected chi connectivity index (χ2v) is 7.95. The van der Waals surface area contributed by atoms with Crippen LogP contribution in [0.3, 0.4) is 0 Å². The van der Waals surface area contributed by atoms with E-state index in [-0.39, 0.29) is 16.5 Å². The Hall–Kier alpha value is -3.26. The van der Waals surface area contributed by atoms with Crippen LogP contribution in [0.2, 0.25) is 0 Å². The highest BCUT2D eigenvalue weighted by Gasteiger charge is 2.22. The van der Waals surface area contributed by atoms with Crippen molar-refractivity contribution in [3.05, 3.63) is 69.1 Å². The second-order valence-electron chi connectivity index (χ2n) is 6.87. The van der Waals surface area contributed by atoms with Crippen molar-refractivity contribution in [2.45, 2.75) is 32.8 Å². The van der Waals surface area contributed by atoms with Gasteiger partial charge in [-0.15, -0.1) is 11.3 Å². The van der Waals surface area contributed by atoms with E-state index in [1.807, 2.05) is 32.0 Å². The Bertz CT molecular complexity index is 1090. The number of nitrogens with zero attached hydrogens (tertiary/aromatic N) is 1. The third kappa shape index (κ3) is 4.60. The molecule has 1 atom stereocenters. The smallest absolute Gasteiger partial charge is 0.349 e. The summed E-state index contributed by atoms with van der Waals surface area (Å²) in [6.07, 6.45) is -0.998. The monoisotopic (exact) mass is 412 g/mol. The summed E-state index contributed by atoms with van der Waals surface area (Å²) in [6.45, 7) is 5.56. The van der Waals surface area contributed by atoms with E-state index in [9.17, 15) is 19.7 Å². The number of rotatable bonds is 6. The molecule has 3 rings (SSSR count). The molecule has 1 N–H and O–H groups in total. The number of benzene rings is 2. The summed E-state index contributed by atoms with van der Waals surface area (Å²) in [5, 5.41) is 14.3. The number of esters is 1. The van der Waals surface area contributed by atoms with Crippen molar-refractivity contribution >= 4 is 44.7 Å². The molecule has 2 aromatic carbocycles. The number of non-ortho nitro benzene ring substituents is 1. The van der Waals surface area contributed by atoms with Crippen LogP contribution in [0.25, 0.3) is 10.1 Å². The number of nitro benzene ring substituents is 1. The molecule has 0 bridgehead atoms. The molecule has 1 aromatic heterocycles. The summed E-state index contributed by atoms with van der Waals surface area (Å²) in [4.78, 5) is 35.6. The topological polar surface area (TPSA) is 98.5 Å². The summed E-state index contributed by atoms with van der Waals surface area (Å²) >= 11 is 1.16. The van der Waals surface area contributed by atoms with Crippen molar-refractivity contribution in [3.63, 3.8) is 0 Å². The van der Waals surface area contributed by atoms with Crippen molar-refractivity contribution in [1.82, 2.24) is 0 Å². The van der Waals surface area contributed by atoms with Crippen LogP contribution in [0.4, 0.5) is 11.4 Å². The molecule has 1 amide bonds. The number of ether oxygens (including phenoxy) is 1. The first kappa shape index (κ1) is 20.5. The largest absolute Gasteiger partial charge is 0.448 e. The fourth-order valence-corrected chi connectivity index (χ4v) is 3.79. The fraction of sp³-hybridized carbons (Fsp3) is 0.238. The molecule has 0 unspecified atom stereocenters. The minimum absolute atomic E-state index is 0.0493. The number of carbonyl (C=O) groups is 2. The number of carbonyl (C=O) groups excluding carboxylic acids is 2. The summed E-state index contributed by atoms with van der Waals surface area (Å²) in [5.41, 5.74) is 1.63. The average Bonchev–Trinajstić information content (AvgIpc) is 3.11. The van der Waals surface area contributed by atoms with E-state index in [1.54, 1.807) is 12.1 Å². The molecule has 0 saturated carbocycles. The fourth-order valence-electron chi connectivity index (χ4n) is 2.87. The normalized spacial score (nSPS) is 12.0. The van der Waals surface area contributed by atoms with Gasteiger partial charge in [-0.1, -0.05) is 32.0 Å². The van der Waals surface area contributed by atoms with Crippen molar-refractivity contribution < 1.29 is 19.2 Å². The van der Waals surface area contributed by atoms with Gasteiger partial charge in [0.2, 0.25) is 0 Å². The van der Waals surface area contributed by atoms with Gasteiger partial charge in [0.1, 0.15) is 4.88 Å². The Kier molecular flexibility index (Phi) is 5.93. The van der Waals surface area contributed by atoms with Gasteiger partial charge in [-0.05, 0) is 36.6 Å². The molecule has 8 heteroatoms. The molecule has 7 nitrogen and oxygen atoms in total. The number of hydrogen-bond acceptors (Lipinski definition) is 6. The molecule has 0 spiro atoms. The molecule has 29 heavy (non-hydrogen) atoms. The van der Waals surface area contributed by atoms with E-state index in [0.717, 1.165) is 21.6 Å². The number of nitro groups is 1. The Morgan fingerprint density at radius 2 is 1.83 bits per heavy atom. The minimum Gasteiger partial charge on any atom is -0.448 e. The number of para-hydroxylation sites is 1. The van der Waals surface area contributed by atoms with Crippen LogP contribution in [-0.4, -0.2) is 22.9 Å². The first-order valence-electron chi connectivity index (χ1n) is 9.05. The number of amides is 1. The minimum atomic E-state index is -0.998. The summed E-state index contributed by atoms with van der Waals surface area (Å²) < 4.78 is 6.03. The van der Waals surface area contributed by atoms with Gasteiger partial charge < -0.3 is 10.1 Å². The Labute approximate surface area is 171 Å². The SMILES string of the molecule is CC(C)c1ccccc1NC(=O)[C@H](C)OC(=O)c1cc2cc([N+](=O)[O-])ccc2s1. The Morgan fingerprint density at radius 3 is 2.52 bits per heavy atom. The molecule has 3 aromatic rings. The van der Waals surface area contributed by atoms with Crippen LogP contribution in [0.1, 0.15) is 41.9 Å². The zero-order valence-electron chi connectivity index (χ0n) is 16.2. The molecule has 0 radical (unpaired) electrons. The lowest BCUT2D eigenvalue weighted by Crippen LogP contribution is -2.30. The van der Waals surface area contributed by atoms with Crippen molar-refractivity contribution in [2.24, 2.45) is 0 Å². The van der Waals surface area contributed by atoms with Gasteiger partial charge in [0.15, 0.2) is 6.10 Å². The van der Waals surface area contributed by atoms with Gasteiger partial charge in [0.25, 0.3) is 11.6 Å². The van der Waals surface area contributed by atoms with E-state index in [0.29, 0.717) is 11.1 Å². The van der Waals surface area contributed by atoms with Crippen LogP contribution in [0.15, 0.2) is 48.5 Å². The van der Waals surface area contributed by atoms with Crippen LogP contribution in [-0.2, 0) is 9.53 Å². The molecular weight excluding hydrogens is 392 g/mol. The lowest BCUT2D eigenvalue weighted by Gasteiger charge is -2.16. The van der Waals surface area contributed by atoms with Crippen LogP contribution in [0, 0.1) is 10.1 Å². The number of fused-ring (bicyclic) bond motifs is 1. The highest BCUT2D eigenvalue weighted by molar-refractivity contribution is 7.20. The third-order valence-electron chi connectivity index (χ3n) is 4.41. The zero-order valence-corrected chi connectivity index (χ0v) is 17.0. The quantitative estimate of drug-likeness (QED) is 0.344. The number of thiophene rings is 1. The number of anilines is 1. The highest BCUT2D eigenvalue weighted by atomic mass is 32.1. The Balaban J connectivity index is 1.71. The molecule has 0 aliphatic carbocycles. The third-order valence-corrected chi connectivity index (χ3v) is 5.50. The molecule has 0 fully saturated rings. The second kappa shape index (κ2) is 8.40. The number of nitrogens with one attached hydrogen (secondary N) is 1. The Morgan fingerprint density at radius 1 is 1.10 bits per heavy atom. The maximum atomic E-state index is 12.5. The van der Waals surface area contributed by atoms with E-state index in [2.05, 4.69) is 5.32 Å². The predicted molar refractivity (Wildman–Crippen MR) is 113 cm³/mol. The van der Waals surface area contributed by atoms with Gasteiger partial charge in [-0.2, -0.15) is 0 Å². The summed E-state index contributed by atoms with van der Waals surface area (Å²) in [7, 11) is 0. The molecule has 0 aliphatic heterocycles. The van der Waals surface area contributed by atoms with Crippen molar-refractivity contribution in [2.75, 3.05) is 5.32 Å². The van der Waals surface area contributed by atoms with Gasteiger partial charge >= 0.3 is 5.97 Å². The summed E-state index contributed by atoms with van der Waals surface area (Å²) in [6, 6.07) is 13.4. The summed E-state index contributed by atoms with van der Waals surface area (Å²) in [5.74, 6) is -0.844. The average molecular weight is 412 g/mol. The molecule has 150 valence electrons. The van der Waals surface area contributed by atoms with Crippen LogP contribution >= 0.6 is 11.3 Å². The predicted octanol–water partition coefficient (Wildman–Crippen LogP) is 5.12. The van der Waals surface area contributed by atoms with Gasteiger partial charge in [0, 0.05) is 27.9 Å². The lowest BCUT2D eigenvalue weighted by atomic mass is 10.0. The first-order valence-corrected chi connectivity index (χ1v) is 9.86. The highest BCUT2D eigenvalue weighted by Crippen LogP contribution is 2.30.